The van der Waals surface area contributed by atoms with Crippen LogP contribution in [-0.4, -0.2) is 20.1 Å². The molecule has 2 aromatic carbocycles. The molecule has 132 valence electrons. The summed E-state index contributed by atoms with van der Waals surface area (Å²) in [6.07, 6.45) is 3.11. The molecule has 4 nitrogen and oxygen atoms in total. The Kier molecular flexibility index (Phi) is 6.73. The fraction of sp³-hybridized carbons (Fsp3) is 0.211. The van der Waals surface area contributed by atoms with E-state index in [9.17, 15) is 4.79 Å². The van der Waals surface area contributed by atoms with Crippen LogP contribution in [0.5, 0.6) is 11.5 Å². The summed E-state index contributed by atoms with van der Waals surface area (Å²) in [6, 6.07) is 10.7. The summed E-state index contributed by atoms with van der Waals surface area (Å²) in [4.78, 5) is 12.1. The average molecular weight is 380 g/mol. The zero-order valence-electron chi connectivity index (χ0n) is 14.2. The van der Waals surface area contributed by atoms with Crippen LogP contribution in [0.1, 0.15) is 24.1 Å². The number of hydrogen-bond acceptors (Lipinski definition) is 3. The number of benzene rings is 2. The van der Waals surface area contributed by atoms with Crippen LogP contribution >= 0.6 is 23.2 Å². The van der Waals surface area contributed by atoms with E-state index in [-0.39, 0.29) is 11.9 Å². The molecule has 2 aromatic rings. The van der Waals surface area contributed by atoms with Crippen molar-refractivity contribution in [2.75, 3.05) is 14.2 Å². The smallest absolute Gasteiger partial charge is 0.244 e. The monoisotopic (exact) mass is 379 g/mol. The lowest BCUT2D eigenvalue weighted by atomic mass is 10.1. The highest BCUT2D eigenvalue weighted by Crippen LogP contribution is 2.36. The van der Waals surface area contributed by atoms with Crippen LogP contribution in [0.25, 0.3) is 6.08 Å². The fourth-order valence-electron chi connectivity index (χ4n) is 2.30. The van der Waals surface area contributed by atoms with Gasteiger partial charge >= 0.3 is 0 Å². The van der Waals surface area contributed by atoms with Crippen LogP contribution in [0.2, 0.25) is 10.0 Å². The molecule has 0 unspecified atom stereocenters. The Labute approximate surface area is 157 Å². The van der Waals surface area contributed by atoms with Crippen LogP contribution in [-0.2, 0) is 4.79 Å². The topological polar surface area (TPSA) is 47.6 Å². The second-order valence-electron chi connectivity index (χ2n) is 5.35. The Morgan fingerprint density at radius 3 is 2.40 bits per heavy atom. The molecular formula is C19H19Cl2NO3. The van der Waals surface area contributed by atoms with Gasteiger partial charge in [-0.1, -0.05) is 35.3 Å². The minimum Gasteiger partial charge on any atom is -0.493 e. The molecule has 0 heterocycles. The van der Waals surface area contributed by atoms with Crippen molar-refractivity contribution in [3.8, 4) is 11.5 Å². The Bertz CT molecular complexity index is 773. The summed E-state index contributed by atoms with van der Waals surface area (Å²) in [5.41, 5.74) is 1.71. The third kappa shape index (κ3) is 5.15. The average Bonchev–Trinajstić information content (AvgIpc) is 2.59. The maximum Gasteiger partial charge on any atom is 0.244 e. The van der Waals surface area contributed by atoms with Gasteiger partial charge in [0.2, 0.25) is 5.91 Å². The molecule has 0 aliphatic heterocycles. The zero-order valence-corrected chi connectivity index (χ0v) is 15.7. The minimum atomic E-state index is -0.214. The Morgan fingerprint density at radius 2 is 1.80 bits per heavy atom. The van der Waals surface area contributed by atoms with E-state index in [1.165, 1.54) is 20.3 Å². The van der Waals surface area contributed by atoms with Gasteiger partial charge in [0.1, 0.15) is 0 Å². The molecule has 0 fully saturated rings. The second-order valence-corrected chi connectivity index (χ2v) is 6.20. The number of rotatable bonds is 6. The van der Waals surface area contributed by atoms with Gasteiger partial charge in [0.05, 0.1) is 25.3 Å². The van der Waals surface area contributed by atoms with Crippen molar-refractivity contribution in [3.63, 3.8) is 0 Å². The van der Waals surface area contributed by atoms with Crippen LogP contribution < -0.4 is 14.8 Å². The molecule has 0 aromatic heterocycles. The molecule has 1 N–H and O–H groups in total. The van der Waals surface area contributed by atoms with Gasteiger partial charge in [-0.15, -0.1) is 0 Å². The number of ether oxygens (including phenoxy) is 2. The first kappa shape index (κ1) is 19.2. The van der Waals surface area contributed by atoms with Crippen molar-refractivity contribution in [1.29, 1.82) is 0 Å². The van der Waals surface area contributed by atoms with Gasteiger partial charge in [0.15, 0.2) is 11.5 Å². The summed E-state index contributed by atoms with van der Waals surface area (Å²) in [6.45, 7) is 1.91. The first-order valence-electron chi connectivity index (χ1n) is 7.60. The van der Waals surface area contributed by atoms with Crippen molar-refractivity contribution in [2.45, 2.75) is 13.0 Å². The van der Waals surface area contributed by atoms with Gasteiger partial charge in [-0.2, -0.15) is 0 Å². The fourth-order valence-corrected chi connectivity index (χ4v) is 2.72. The summed E-state index contributed by atoms with van der Waals surface area (Å²) in [5, 5.41) is 3.97. The summed E-state index contributed by atoms with van der Waals surface area (Å²) < 4.78 is 10.4. The molecule has 0 aliphatic rings. The lowest BCUT2D eigenvalue weighted by molar-refractivity contribution is -0.117. The SMILES string of the molecule is COc1cc(/C=C/C(=O)N[C@H](C)c2ccc(Cl)cc2)cc(Cl)c1OC. The molecular weight excluding hydrogens is 361 g/mol. The Balaban J connectivity index is 2.07. The number of hydrogen-bond donors (Lipinski definition) is 1. The molecule has 0 saturated heterocycles. The Morgan fingerprint density at radius 1 is 1.12 bits per heavy atom. The normalized spacial score (nSPS) is 12.0. The van der Waals surface area contributed by atoms with E-state index in [1.54, 1.807) is 30.3 Å². The van der Waals surface area contributed by atoms with Gasteiger partial charge < -0.3 is 14.8 Å². The third-order valence-electron chi connectivity index (χ3n) is 3.61. The van der Waals surface area contributed by atoms with Gasteiger partial charge in [0, 0.05) is 11.1 Å². The van der Waals surface area contributed by atoms with E-state index in [0.717, 1.165) is 11.1 Å². The highest BCUT2D eigenvalue weighted by molar-refractivity contribution is 6.32. The number of halogens is 2. The maximum atomic E-state index is 12.1. The number of methoxy groups -OCH3 is 2. The molecule has 2 rings (SSSR count). The minimum absolute atomic E-state index is 0.136. The van der Waals surface area contributed by atoms with E-state index < -0.39 is 0 Å². The molecule has 0 aliphatic carbocycles. The van der Waals surface area contributed by atoms with Crippen molar-refractivity contribution < 1.29 is 14.3 Å². The molecule has 0 radical (unpaired) electrons. The third-order valence-corrected chi connectivity index (χ3v) is 4.14. The molecule has 0 saturated carbocycles. The molecule has 6 heteroatoms. The quantitative estimate of drug-likeness (QED) is 0.725. The highest BCUT2D eigenvalue weighted by atomic mass is 35.5. The van der Waals surface area contributed by atoms with E-state index in [4.69, 9.17) is 32.7 Å². The molecule has 25 heavy (non-hydrogen) atoms. The van der Waals surface area contributed by atoms with E-state index >= 15 is 0 Å². The predicted octanol–water partition coefficient (Wildman–Crippen LogP) is 4.90. The predicted molar refractivity (Wildman–Crippen MR) is 102 cm³/mol. The molecule has 1 amide bonds. The van der Waals surface area contributed by atoms with E-state index in [1.807, 2.05) is 19.1 Å². The van der Waals surface area contributed by atoms with Gasteiger partial charge in [-0.05, 0) is 48.4 Å². The molecule has 1 atom stereocenters. The van der Waals surface area contributed by atoms with Gasteiger partial charge in [-0.25, -0.2) is 0 Å². The first-order valence-corrected chi connectivity index (χ1v) is 8.35. The van der Waals surface area contributed by atoms with Gasteiger partial charge in [-0.3, -0.25) is 4.79 Å². The Hall–Kier alpha value is -2.17. The first-order chi connectivity index (χ1) is 11.9. The summed E-state index contributed by atoms with van der Waals surface area (Å²) >= 11 is 12.0. The molecule has 0 spiro atoms. The largest absolute Gasteiger partial charge is 0.493 e. The van der Waals surface area contributed by atoms with Crippen LogP contribution in [0, 0.1) is 0 Å². The van der Waals surface area contributed by atoms with Crippen molar-refractivity contribution >= 4 is 35.2 Å². The van der Waals surface area contributed by atoms with Gasteiger partial charge in [0.25, 0.3) is 0 Å². The number of carbonyl (C=O) groups is 1. The second kappa shape index (κ2) is 8.79. The summed E-state index contributed by atoms with van der Waals surface area (Å²) in [7, 11) is 3.05. The standard InChI is InChI=1S/C19H19Cl2NO3/c1-12(14-5-7-15(20)8-6-14)22-18(23)9-4-13-10-16(21)19(25-3)17(11-13)24-2/h4-12H,1-3H3,(H,22,23)/b9-4+/t12-/m1/s1. The van der Waals surface area contributed by atoms with Crippen molar-refractivity contribution in [3.05, 3.63) is 63.6 Å². The highest BCUT2D eigenvalue weighted by Gasteiger charge is 2.10. The number of amides is 1. The van der Waals surface area contributed by atoms with Crippen LogP contribution in [0.4, 0.5) is 0 Å². The zero-order chi connectivity index (χ0) is 18.4. The van der Waals surface area contributed by atoms with Crippen molar-refractivity contribution in [2.24, 2.45) is 0 Å². The number of nitrogens with one attached hydrogen (secondary N) is 1. The lowest BCUT2D eigenvalue weighted by Crippen LogP contribution is -2.24. The molecule has 0 bridgehead atoms. The van der Waals surface area contributed by atoms with E-state index in [2.05, 4.69) is 5.32 Å². The van der Waals surface area contributed by atoms with E-state index in [0.29, 0.717) is 21.5 Å². The van der Waals surface area contributed by atoms with Crippen LogP contribution in [0.3, 0.4) is 0 Å². The number of carbonyl (C=O) groups excluding carboxylic acids is 1. The van der Waals surface area contributed by atoms with Crippen molar-refractivity contribution in [1.82, 2.24) is 5.32 Å². The van der Waals surface area contributed by atoms with Crippen LogP contribution in [0.15, 0.2) is 42.5 Å². The summed E-state index contributed by atoms with van der Waals surface area (Å²) in [5.74, 6) is 0.750. The lowest BCUT2D eigenvalue weighted by Gasteiger charge is -2.13. The maximum absolute atomic E-state index is 12.1.